The summed E-state index contributed by atoms with van der Waals surface area (Å²) in [7, 11) is 0. The minimum atomic E-state index is -0.764. The van der Waals surface area contributed by atoms with Gasteiger partial charge >= 0.3 is 0 Å². The molecule has 3 heterocycles. The van der Waals surface area contributed by atoms with E-state index in [2.05, 4.69) is 5.10 Å². The van der Waals surface area contributed by atoms with Gasteiger partial charge in [-0.2, -0.15) is 5.10 Å². The van der Waals surface area contributed by atoms with E-state index in [1.54, 1.807) is 17.0 Å². The van der Waals surface area contributed by atoms with Gasteiger partial charge in [0.05, 0.1) is 33.7 Å². The monoisotopic (exact) mass is 373 g/mol. The maximum Gasteiger partial charge on any atom is 0.264 e. The van der Waals surface area contributed by atoms with Crippen molar-refractivity contribution in [2.24, 2.45) is 0 Å². The molecule has 2 aromatic heterocycles. The predicted octanol–water partition coefficient (Wildman–Crippen LogP) is 3.34. The number of carbonyl (C=O) groups is 1. The van der Waals surface area contributed by atoms with Crippen molar-refractivity contribution in [2.75, 3.05) is 6.54 Å². The summed E-state index contributed by atoms with van der Waals surface area (Å²) in [6, 6.07) is 14.8. The Labute approximate surface area is 154 Å². The minimum Gasteiger partial charge on any atom is -0.382 e. The first-order chi connectivity index (χ1) is 12.1. The van der Waals surface area contributed by atoms with Gasteiger partial charge in [-0.1, -0.05) is 41.9 Å². The summed E-state index contributed by atoms with van der Waals surface area (Å²) >= 11 is 7.22. The normalized spacial score (nSPS) is 15.0. The molecule has 1 aromatic carbocycles. The Kier molecular flexibility index (Phi) is 4.33. The number of fused-ring (bicyclic) bond motifs is 1. The average Bonchev–Trinajstić information content (AvgIpc) is 3.26. The van der Waals surface area contributed by atoms with Crippen LogP contribution in [0.4, 0.5) is 0 Å². The van der Waals surface area contributed by atoms with Crippen LogP contribution in [0.3, 0.4) is 0 Å². The van der Waals surface area contributed by atoms with Gasteiger partial charge in [-0.05, 0) is 23.8 Å². The van der Waals surface area contributed by atoms with Gasteiger partial charge in [0.1, 0.15) is 6.10 Å². The molecule has 5 nitrogen and oxygen atoms in total. The molecule has 3 aromatic rings. The first-order valence-electron chi connectivity index (χ1n) is 7.96. The smallest absolute Gasteiger partial charge is 0.264 e. The van der Waals surface area contributed by atoms with Crippen LogP contribution in [0.15, 0.2) is 48.5 Å². The molecule has 1 amide bonds. The van der Waals surface area contributed by atoms with Crippen molar-refractivity contribution < 1.29 is 9.90 Å². The number of carbonyl (C=O) groups excluding carboxylic acids is 1. The fraction of sp³-hybridized carbons (Fsp3) is 0.222. The molecule has 0 radical (unpaired) electrons. The predicted molar refractivity (Wildman–Crippen MR) is 96.8 cm³/mol. The molecule has 0 unspecified atom stereocenters. The molecule has 1 N–H and O–H groups in total. The number of aliphatic hydroxyl groups excluding tert-OH is 1. The van der Waals surface area contributed by atoms with Crippen LogP contribution in [0, 0.1) is 0 Å². The summed E-state index contributed by atoms with van der Waals surface area (Å²) in [5.41, 5.74) is 2.33. The fourth-order valence-electron chi connectivity index (χ4n) is 2.99. The molecule has 25 heavy (non-hydrogen) atoms. The molecule has 0 saturated heterocycles. The van der Waals surface area contributed by atoms with Crippen molar-refractivity contribution in [2.45, 2.75) is 19.2 Å². The lowest BCUT2D eigenvalue weighted by molar-refractivity contribution is 0.0711. The van der Waals surface area contributed by atoms with E-state index >= 15 is 0 Å². The van der Waals surface area contributed by atoms with Crippen LogP contribution in [0.5, 0.6) is 0 Å². The van der Waals surface area contributed by atoms with Crippen LogP contribution in [0.25, 0.3) is 0 Å². The highest BCUT2D eigenvalue weighted by molar-refractivity contribution is 7.17. The molecule has 7 heteroatoms. The highest BCUT2D eigenvalue weighted by Crippen LogP contribution is 2.26. The molecule has 1 aliphatic rings. The third-order valence-electron chi connectivity index (χ3n) is 4.28. The van der Waals surface area contributed by atoms with Gasteiger partial charge in [-0.25, -0.2) is 0 Å². The van der Waals surface area contributed by atoms with Crippen molar-refractivity contribution in [1.29, 1.82) is 0 Å². The number of amides is 1. The lowest BCUT2D eigenvalue weighted by Gasteiger charge is -2.27. The number of hydrogen-bond acceptors (Lipinski definition) is 4. The molecule has 0 fully saturated rings. The fourth-order valence-corrected chi connectivity index (χ4v) is 4.00. The van der Waals surface area contributed by atoms with Crippen LogP contribution in [0.2, 0.25) is 4.34 Å². The maximum atomic E-state index is 12.6. The Morgan fingerprint density at radius 2 is 2.00 bits per heavy atom. The molecule has 0 saturated carbocycles. The Balaban J connectivity index is 1.54. The number of aliphatic hydroxyl groups is 1. The SMILES string of the molecule is O=C(c1ccc(Cl)s1)N1CCn2nc([C@H](O)c3ccccc3)cc2C1. The maximum absolute atomic E-state index is 12.6. The molecule has 0 bridgehead atoms. The van der Waals surface area contributed by atoms with Gasteiger partial charge in [-0.15, -0.1) is 11.3 Å². The van der Waals surface area contributed by atoms with E-state index in [9.17, 15) is 9.90 Å². The Morgan fingerprint density at radius 1 is 1.20 bits per heavy atom. The zero-order chi connectivity index (χ0) is 17.4. The lowest BCUT2D eigenvalue weighted by atomic mass is 10.1. The molecule has 1 aliphatic heterocycles. The van der Waals surface area contributed by atoms with Crippen LogP contribution < -0.4 is 0 Å². The number of halogens is 1. The van der Waals surface area contributed by atoms with Gasteiger partial charge < -0.3 is 10.0 Å². The van der Waals surface area contributed by atoms with Crippen molar-refractivity contribution >= 4 is 28.8 Å². The Morgan fingerprint density at radius 3 is 2.72 bits per heavy atom. The van der Waals surface area contributed by atoms with E-state index in [1.165, 1.54) is 11.3 Å². The molecule has 128 valence electrons. The number of thiophene rings is 1. The third kappa shape index (κ3) is 3.20. The Bertz CT molecular complexity index is 906. The van der Waals surface area contributed by atoms with Crippen LogP contribution in [-0.4, -0.2) is 32.2 Å². The molecule has 4 rings (SSSR count). The van der Waals surface area contributed by atoms with E-state index in [0.717, 1.165) is 11.3 Å². The minimum absolute atomic E-state index is 0.0190. The average molecular weight is 374 g/mol. The van der Waals surface area contributed by atoms with Crippen molar-refractivity contribution in [1.82, 2.24) is 14.7 Å². The highest BCUT2D eigenvalue weighted by Gasteiger charge is 2.25. The van der Waals surface area contributed by atoms with Crippen molar-refractivity contribution in [3.05, 3.63) is 74.7 Å². The van der Waals surface area contributed by atoms with Gasteiger partial charge in [0.15, 0.2) is 0 Å². The molecule has 0 spiro atoms. The zero-order valence-electron chi connectivity index (χ0n) is 13.3. The zero-order valence-corrected chi connectivity index (χ0v) is 14.9. The van der Waals surface area contributed by atoms with Crippen LogP contribution in [-0.2, 0) is 13.1 Å². The number of aromatic nitrogens is 2. The first kappa shape index (κ1) is 16.3. The van der Waals surface area contributed by atoms with Crippen LogP contribution in [0.1, 0.15) is 32.7 Å². The van der Waals surface area contributed by atoms with Crippen molar-refractivity contribution in [3.63, 3.8) is 0 Å². The van der Waals surface area contributed by atoms with Gasteiger partial charge in [0.25, 0.3) is 5.91 Å². The molecule has 1 atom stereocenters. The van der Waals surface area contributed by atoms with E-state index < -0.39 is 6.10 Å². The lowest BCUT2D eigenvalue weighted by Crippen LogP contribution is -2.38. The second-order valence-electron chi connectivity index (χ2n) is 5.93. The summed E-state index contributed by atoms with van der Waals surface area (Å²) in [6.07, 6.45) is -0.764. The number of rotatable bonds is 3. The summed E-state index contributed by atoms with van der Waals surface area (Å²) in [6.45, 7) is 1.68. The first-order valence-corrected chi connectivity index (χ1v) is 9.15. The van der Waals surface area contributed by atoms with Gasteiger partial charge in [0.2, 0.25) is 0 Å². The van der Waals surface area contributed by atoms with E-state index in [1.807, 2.05) is 41.1 Å². The van der Waals surface area contributed by atoms with E-state index in [4.69, 9.17) is 11.6 Å². The summed E-state index contributed by atoms with van der Waals surface area (Å²) < 4.78 is 2.48. The standard InChI is InChI=1S/C18H16ClN3O2S/c19-16-7-6-15(25-16)18(24)21-8-9-22-13(11-21)10-14(20-22)17(23)12-4-2-1-3-5-12/h1-7,10,17,23H,8-9,11H2/t17-/m1/s1. The van der Waals surface area contributed by atoms with Gasteiger partial charge in [0, 0.05) is 6.54 Å². The molecular weight excluding hydrogens is 358 g/mol. The topological polar surface area (TPSA) is 58.4 Å². The second-order valence-corrected chi connectivity index (χ2v) is 7.64. The largest absolute Gasteiger partial charge is 0.382 e. The number of benzene rings is 1. The van der Waals surface area contributed by atoms with E-state index in [0.29, 0.717) is 34.5 Å². The highest BCUT2D eigenvalue weighted by atomic mass is 35.5. The molecule has 0 aliphatic carbocycles. The third-order valence-corrected chi connectivity index (χ3v) is 5.50. The number of hydrogen-bond donors (Lipinski definition) is 1. The number of nitrogens with zero attached hydrogens (tertiary/aromatic N) is 3. The summed E-state index contributed by atoms with van der Waals surface area (Å²) in [5.74, 6) is -0.0190. The van der Waals surface area contributed by atoms with Crippen LogP contribution >= 0.6 is 22.9 Å². The van der Waals surface area contributed by atoms with Crippen molar-refractivity contribution in [3.8, 4) is 0 Å². The molecular formula is C18H16ClN3O2S. The van der Waals surface area contributed by atoms with Gasteiger partial charge in [-0.3, -0.25) is 9.48 Å². The second kappa shape index (κ2) is 6.63. The summed E-state index contributed by atoms with van der Waals surface area (Å²) in [4.78, 5) is 15.0. The quantitative estimate of drug-likeness (QED) is 0.766. The summed E-state index contributed by atoms with van der Waals surface area (Å²) in [5, 5.41) is 15.0. The van der Waals surface area contributed by atoms with E-state index in [-0.39, 0.29) is 5.91 Å². The Hall–Kier alpha value is -2.15.